The van der Waals surface area contributed by atoms with E-state index in [0.29, 0.717) is 36.1 Å². The normalized spacial score (nSPS) is 20.2. The van der Waals surface area contributed by atoms with Gasteiger partial charge in [0.15, 0.2) is 5.60 Å². The van der Waals surface area contributed by atoms with Crippen LogP contribution in [-0.2, 0) is 14.3 Å². The molecule has 180 valence electrons. The maximum atomic E-state index is 12.2. The Bertz CT molecular complexity index is 970. The monoisotopic (exact) mass is 474 g/mol. The highest BCUT2D eigenvalue weighted by Crippen LogP contribution is 2.38. The molecule has 2 N–H and O–H groups in total. The van der Waals surface area contributed by atoms with Gasteiger partial charge in [0.05, 0.1) is 5.39 Å². The molecular weight excluding hydrogens is 440 g/mol. The number of carbonyl (C=O) groups is 1. The summed E-state index contributed by atoms with van der Waals surface area (Å²) in [5.74, 6) is 2.80. The number of nitrogens with two attached hydrogens (primary N) is 1. The fraction of sp³-hybridized carbons (Fsp3) is 0.640. The summed E-state index contributed by atoms with van der Waals surface area (Å²) in [6.45, 7) is 2.28. The number of esters is 1. The van der Waals surface area contributed by atoms with Crippen molar-refractivity contribution in [3.05, 3.63) is 17.5 Å². The Morgan fingerprint density at radius 3 is 2.67 bits per heavy atom. The molecule has 1 aliphatic heterocycles. The van der Waals surface area contributed by atoms with Gasteiger partial charge >= 0.3 is 5.97 Å². The Morgan fingerprint density at radius 2 is 1.97 bits per heavy atom. The molecule has 0 unspecified atom stereocenters. The minimum absolute atomic E-state index is 0.0490. The molecule has 2 atom stereocenters. The predicted molar refractivity (Wildman–Crippen MR) is 131 cm³/mol. The van der Waals surface area contributed by atoms with E-state index in [4.69, 9.17) is 33.2 Å². The van der Waals surface area contributed by atoms with Crippen molar-refractivity contribution in [2.24, 2.45) is 0 Å². The lowest BCUT2D eigenvalue weighted by Gasteiger charge is -2.24. The van der Waals surface area contributed by atoms with Crippen molar-refractivity contribution in [2.45, 2.75) is 95.8 Å². The number of aromatic nitrogens is 3. The first-order valence-electron chi connectivity index (χ1n) is 12.1. The number of rotatable bonds is 13. The molecular formula is C25H35ClN4O3. The molecule has 1 aliphatic rings. The molecule has 0 bridgehead atoms. The highest BCUT2D eigenvalue weighted by Gasteiger charge is 2.41. The van der Waals surface area contributed by atoms with E-state index in [2.05, 4.69) is 22.8 Å². The Labute approximate surface area is 201 Å². The van der Waals surface area contributed by atoms with Crippen LogP contribution in [0, 0.1) is 12.3 Å². The molecule has 0 spiro atoms. The summed E-state index contributed by atoms with van der Waals surface area (Å²) < 4.78 is 13.5. The lowest BCUT2D eigenvalue weighted by Crippen LogP contribution is -2.34. The van der Waals surface area contributed by atoms with E-state index < -0.39 is 5.60 Å². The van der Waals surface area contributed by atoms with E-state index in [1.54, 1.807) is 0 Å². The van der Waals surface area contributed by atoms with Gasteiger partial charge in [-0.25, -0.2) is 4.98 Å². The van der Waals surface area contributed by atoms with Crippen LogP contribution in [0.1, 0.15) is 90.2 Å². The van der Waals surface area contributed by atoms with Crippen LogP contribution in [0.3, 0.4) is 0 Å². The molecule has 2 aromatic rings. The average Bonchev–Trinajstić information content (AvgIpc) is 3.41. The van der Waals surface area contributed by atoms with Crippen molar-refractivity contribution in [2.75, 3.05) is 12.3 Å². The van der Waals surface area contributed by atoms with Crippen LogP contribution in [0.5, 0.6) is 0 Å². The SMILES string of the molecule is C#C[C@@]1(COC(=O)CCCCCCCCCCC)CC[C@H](n2ccc3c(N)nc(Cl)nc32)O1. The first-order chi connectivity index (χ1) is 16.0. The van der Waals surface area contributed by atoms with Crippen molar-refractivity contribution in [1.29, 1.82) is 0 Å². The molecule has 3 rings (SSSR count). The molecule has 1 fully saturated rings. The highest BCUT2D eigenvalue weighted by atomic mass is 35.5. The summed E-state index contributed by atoms with van der Waals surface area (Å²) in [4.78, 5) is 20.5. The van der Waals surface area contributed by atoms with E-state index in [9.17, 15) is 4.79 Å². The topological polar surface area (TPSA) is 92.3 Å². The van der Waals surface area contributed by atoms with Gasteiger partial charge in [-0.3, -0.25) is 4.79 Å². The van der Waals surface area contributed by atoms with Gasteiger partial charge in [0.1, 0.15) is 24.3 Å². The summed E-state index contributed by atoms with van der Waals surface area (Å²) in [5.41, 5.74) is 5.59. The highest BCUT2D eigenvalue weighted by molar-refractivity contribution is 6.28. The van der Waals surface area contributed by atoms with Crippen LogP contribution in [0.4, 0.5) is 5.82 Å². The van der Waals surface area contributed by atoms with Gasteiger partial charge in [-0.2, -0.15) is 4.98 Å². The Hall–Kier alpha value is -2.30. The van der Waals surface area contributed by atoms with E-state index in [-0.39, 0.29) is 24.1 Å². The van der Waals surface area contributed by atoms with Crippen LogP contribution >= 0.6 is 11.6 Å². The fourth-order valence-electron chi connectivity index (χ4n) is 4.30. The van der Waals surface area contributed by atoms with E-state index in [1.165, 1.54) is 44.9 Å². The fourth-order valence-corrected chi connectivity index (χ4v) is 4.47. The zero-order valence-electron chi connectivity index (χ0n) is 19.5. The van der Waals surface area contributed by atoms with E-state index in [1.807, 2.05) is 16.8 Å². The van der Waals surface area contributed by atoms with Gasteiger partial charge in [-0.05, 0) is 36.9 Å². The Morgan fingerprint density at radius 1 is 1.27 bits per heavy atom. The smallest absolute Gasteiger partial charge is 0.305 e. The number of carbonyl (C=O) groups excluding carboxylic acids is 1. The quantitative estimate of drug-likeness (QED) is 0.170. The average molecular weight is 475 g/mol. The minimum atomic E-state index is -0.947. The van der Waals surface area contributed by atoms with Crippen LogP contribution < -0.4 is 5.73 Å². The predicted octanol–water partition coefficient (Wildman–Crippen LogP) is 5.81. The van der Waals surface area contributed by atoms with Crippen molar-refractivity contribution >= 4 is 34.4 Å². The molecule has 1 saturated heterocycles. The van der Waals surface area contributed by atoms with Gasteiger partial charge in [-0.15, -0.1) is 6.42 Å². The molecule has 7 nitrogen and oxygen atoms in total. The molecule has 8 heteroatoms. The van der Waals surface area contributed by atoms with Crippen molar-refractivity contribution in [1.82, 2.24) is 14.5 Å². The van der Waals surface area contributed by atoms with Gasteiger partial charge in [0, 0.05) is 12.6 Å². The number of nitrogen functional groups attached to an aromatic ring is 1. The molecule has 0 saturated carbocycles. The first-order valence-corrected chi connectivity index (χ1v) is 12.5. The number of halogens is 1. The maximum absolute atomic E-state index is 12.2. The van der Waals surface area contributed by atoms with Crippen LogP contribution in [0.15, 0.2) is 12.3 Å². The second-order valence-corrected chi connectivity index (χ2v) is 9.17. The maximum Gasteiger partial charge on any atom is 0.305 e. The standard InChI is InChI=1S/C25H35ClN4O3/c1-3-5-6-7-8-9-10-11-12-13-21(31)32-18-25(4-2)16-14-20(33-25)30-17-15-19-22(27)28-24(26)29-23(19)30/h2,15,17,20H,3,5-14,16,18H2,1H3,(H2,27,28,29)/t20-,25+/m1/s1. The summed E-state index contributed by atoms with van der Waals surface area (Å²) in [6.07, 6.45) is 19.8. The number of fused-ring (bicyclic) bond motifs is 1. The van der Waals surface area contributed by atoms with Gasteiger partial charge in [0.25, 0.3) is 0 Å². The molecule has 0 radical (unpaired) electrons. The lowest BCUT2D eigenvalue weighted by atomic mass is 10.0. The minimum Gasteiger partial charge on any atom is -0.462 e. The third-order valence-corrected chi connectivity index (χ3v) is 6.42. The van der Waals surface area contributed by atoms with Crippen molar-refractivity contribution in [3.8, 4) is 12.3 Å². The van der Waals surface area contributed by atoms with Crippen LogP contribution in [0.25, 0.3) is 11.0 Å². The van der Waals surface area contributed by atoms with Gasteiger partial charge in [0.2, 0.25) is 5.28 Å². The lowest BCUT2D eigenvalue weighted by molar-refractivity contribution is -0.152. The summed E-state index contributed by atoms with van der Waals surface area (Å²) >= 11 is 5.98. The largest absolute Gasteiger partial charge is 0.462 e. The molecule has 33 heavy (non-hydrogen) atoms. The molecule has 0 amide bonds. The zero-order valence-corrected chi connectivity index (χ0v) is 20.3. The molecule has 3 heterocycles. The summed E-state index contributed by atoms with van der Waals surface area (Å²) in [5, 5.41) is 0.778. The first kappa shape index (κ1) is 25.3. The third kappa shape index (κ3) is 6.84. The number of anilines is 1. The van der Waals surface area contributed by atoms with Crippen molar-refractivity contribution < 1.29 is 14.3 Å². The number of hydrogen-bond donors (Lipinski definition) is 1. The number of nitrogens with zero attached hydrogens (tertiary/aromatic N) is 3. The molecule has 0 aliphatic carbocycles. The third-order valence-electron chi connectivity index (χ3n) is 6.25. The summed E-state index contributed by atoms with van der Waals surface area (Å²) in [7, 11) is 0. The van der Waals surface area contributed by atoms with Crippen LogP contribution in [-0.4, -0.2) is 32.7 Å². The molecule has 2 aromatic heterocycles. The van der Waals surface area contributed by atoms with Crippen LogP contribution in [0.2, 0.25) is 5.28 Å². The van der Waals surface area contributed by atoms with E-state index >= 15 is 0 Å². The number of terminal acetylenes is 1. The Balaban J connectivity index is 1.42. The molecule has 0 aromatic carbocycles. The zero-order chi connectivity index (χ0) is 23.7. The van der Waals surface area contributed by atoms with Gasteiger partial charge in [-0.1, -0.05) is 64.2 Å². The van der Waals surface area contributed by atoms with Crippen molar-refractivity contribution in [3.63, 3.8) is 0 Å². The Kier molecular flexibility index (Phi) is 9.40. The second kappa shape index (κ2) is 12.2. The second-order valence-electron chi connectivity index (χ2n) is 8.83. The van der Waals surface area contributed by atoms with E-state index in [0.717, 1.165) is 12.8 Å². The number of hydrogen-bond acceptors (Lipinski definition) is 6. The number of unbranched alkanes of at least 4 members (excludes halogenated alkanes) is 8. The summed E-state index contributed by atoms with van der Waals surface area (Å²) in [6, 6.07) is 1.82. The number of ether oxygens (including phenoxy) is 2. The van der Waals surface area contributed by atoms with Gasteiger partial charge < -0.3 is 19.8 Å².